The molecule has 1 rings (SSSR count). The zero-order valence-corrected chi connectivity index (χ0v) is 9.08. The van der Waals surface area contributed by atoms with Crippen LogP contribution in [0, 0.1) is 0 Å². The van der Waals surface area contributed by atoms with E-state index >= 15 is 0 Å². The SMILES string of the molecule is CC(=O)O[C@@H]1[C@H](OC(C)=O)C=CO[C@@H]1CO. The summed E-state index contributed by atoms with van der Waals surface area (Å²) in [5, 5.41) is 9.04. The van der Waals surface area contributed by atoms with Gasteiger partial charge in [-0.15, -0.1) is 0 Å². The third kappa shape index (κ3) is 3.23. The molecule has 0 spiro atoms. The molecule has 0 bridgehead atoms. The van der Waals surface area contributed by atoms with E-state index in [-0.39, 0.29) is 6.61 Å². The van der Waals surface area contributed by atoms with Gasteiger partial charge in [0, 0.05) is 13.8 Å². The number of hydrogen-bond acceptors (Lipinski definition) is 6. The van der Waals surface area contributed by atoms with Crippen LogP contribution in [0.4, 0.5) is 0 Å². The zero-order chi connectivity index (χ0) is 12.1. The number of aliphatic hydroxyl groups is 1. The Morgan fingerprint density at radius 2 is 1.94 bits per heavy atom. The van der Waals surface area contributed by atoms with Gasteiger partial charge >= 0.3 is 11.9 Å². The number of hydrogen-bond donors (Lipinski definition) is 1. The van der Waals surface area contributed by atoms with Gasteiger partial charge in [0.05, 0.1) is 12.9 Å². The van der Waals surface area contributed by atoms with Crippen LogP contribution in [-0.4, -0.2) is 42.0 Å². The van der Waals surface area contributed by atoms with Crippen molar-refractivity contribution in [2.75, 3.05) is 6.61 Å². The van der Waals surface area contributed by atoms with Gasteiger partial charge < -0.3 is 19.3 Å². The summed E-state index contributed by atoms with van der Waals surface area (Å²) in [5.41, 5.74) is 0. The Bertz CT molecular complexity index is 298. The smallest absolute Gasteiger partial charge is 0.303 e. The van der Waals surface area contributed by atoms with Gasteiger partial charge in [-0.25, -0.2) is 0 Å². The molecule has 0 aromatic heterocycles. The molecule has 6 heteroatoms. The molecule has 1 N–H and O–H groups in total. The van der Waals surface area contributed by atoms with Crippen LogP contribution in [0.15, 0.2) is 12.3 Å². The number of esters is 2. The van der Waals surface area contributed by atoms with Gasteiger partial charge in [0.15, 0.2) is 18.3 Å². The third-order valence-corrected chi connectivity index (χ3v) is 2.00. The summed E-state index contributed by atoms with van der Waals surface area (Å²) in [6.45, 7) is 2.15. The Labute approximate surface area is 92.8 Å². The lowest BCUT2D eigenvalue weighted by Crippen LogP contribution is -2.46. The van der Waals surface area contributed by atoms with Crippen LogP contribution < -0.4 is 0 Å². The van der Waals surface area contributed by atoms with Crippen LogP contribution in [0.1, 0.15) is 13.8 Å². The Morgan fingerprint density at radius 3 is 2.44 bits per heavy atom. The molecule has 0 aromatic rings. The largest absolute Gasteiger partial charge is 0.492 e. The van der Waals surface area contributed by atoms with Gasteiger partial charge in [-0.3, -0.25) is 9.59 Å². The van der Waals surface area contributed by atoms with Crippen molar-refractivity contribution >= 4 is 11.9 Å². The maximum absolute atomic E-state index is 10.9. The second-order valence-electron chi connectivity index (χ2n) is 3.33. The lowest BCUT2D eigenvalue weighted by atomic mass is 10.1. The average molecular weight is 230 g/mol. The van der Waals surface area contributed by atoms with Gasteiger partial charge in [0.25, 0.3) is 0 Å². The first-order chi connectivity index (χ1) is 7.54. The summed E-state index contributed by atoms with van der Waals surface area (Å²) >= 11 is 0. The van der Waals surface area contributed by atoms with E-state index in [0.717, 1.165) is 0 Å². The molecule has 3 atom stereocenters. The second-order valence-corrected chi connectivity index (χ2v) is 3.33. The number of carbonyl (C=O) groups excluding carboxylic acids is 2. The monoisotopic (exact) mass is 230 g/mol. The molecule has 1 aliphatic rings. The predicted octanol–water partition coefficient (Wildman–Crippen LogP) is -0.245. The van der Waals surface area contributed by atoms with E-state index in [4.69, 9.17) is 19.3 Å². The minimum atomic E-state index is -0.823. The van der Waals surface area contributed by atoms with Crippen LogP contribution >= 0.6 is 0 Å². The topological polar surface area (TPSA) is 82.1 Å². The van der Waals surface area contributed by atoms with Crippen molar-refractivity contribution < 1.29 is 28.9 Å². The Morgan fingerprint density at radius 1 is 1.31 bits per heavy atom. The van der Waals surface area contributed by atoms with E-state index in [1.807, 2.05) is 0 Å². The Hall–Kier alpha value is -1.56. The lowest BCUT2D eigenvalue weighted by Gasteiger charge is -2.32. The summed E-state index contributed by atoms with van der Waals surface area (Å²) in [5.74, 6) is -1.02. The summed E-state index contributed by atoms with van der Waals surface area (Å²) in [4.78, 5) is 21.7. The van der Waals surface area contributed by atoms with E-state index in [2.05, 4.69) is 0 Å². The summed E-state index contributed by atoms with van der Waals surface area (Å²) in [6, 6.07) is 0. The Balaban J connectivity index is 2.77. The first-order valence-corrected chi connectivity index (χ1v) is 4.82. The second kappa shape index (κ2) is 5.50. The molecular formula is C10H14O6. The molecule has 6 nitrogen and oxygen atoms in total. The van der Waals surface area contributed by atoms with Crippen LogP contribution in [-0.2, 0) is 23.8 Å². The van der Waals surface area contributed by atoms with Gasteiger partial charge in [-0.2, -0.15) is 0 Å². The molecule has 0 aromatic carbocycles. The van der Waals surface area contributed by atoms with Crippen molar-refractivity contribution in [3.05, 3.63) is 12.3 Å². The molecule has 90 valence electrons. The van der Waals surface area contributed by atoms with E-state index in [0.29, 0.717) is 0 Å². The number of aliphatic hydroxyl groups excluding tert-OH is 1. The summed E-state index contributed by atoms with van der Waals surface area (Å²) in [7, 11) is 0. The highest BCUT2D eigenvalue weighted by Gasteiger charge is 2.36. The molecule has 0 amide bonds. The van der Waals surface area contributed by atoms with Crippen molar-refractivity contribution in [2.45, 2.75) is 32.2 Å². The molecule has 0 saturated heterocycles. The molecule has 0 saturated carbocycles. The molecule has 0 aliphatic carbocycles. The van der Waals surface area contributed by atoms with Gasteiger partial charge in [0.2, 0.25) is 0 Å². The molecule has 16 heavy (non-hydrogen) atoms. The first-order valence-electron chi connectivity index (χ1n) is 4.82. The third-order valence-electron chi connectivity index (χ3n) is 2.00. The summed E-state index contributed by atoms with van der Waals surface area (Å²) in [6.07, 6.45) is 0.497. The maximum Gasteiger partial charge on any atom is 0.303 e. The van der Waals surface area contributed by atoms with E-state index < -0.39 is 30.3 Å². The highest BCUT2D eigenvalue weighted by atomic mass is 16.6. The van der Waals surface area contributed by atoms with E-state index in [9.17, 15) is 9.59 Å². The zero-order valence-electron chi connectivity index (χ0n) is 9.08. The molecule has 0 unspecified atom stereocenters. The number of carbonyl (C=O) groups is 2. The van der Waals surface area contributed by atoms with Crippen molar-refractivity contribution in [1.29, 1.82) is 0 Å². The van der Waals surface area contributed by atoms with Crippen LogP contribution in [0.2, 0.25) is 0 Å². The minimum absolute atomic E-state index is 0.333. The van der Waals surface area contributed by atoms with Crippen molar-refractivity contribution in [2.24, 2.45) is 0 Å². The molecule has 0 radical (unpaired) electrons. The van der Waals surface area contributed by atoms with E-state index in [1.165, 1.54) is 26.2 Å². The van der Waals surface area contributed by atoms with Crippen LogP contribution in [0.5, 0.6) is 0 Å². The van der Waals surface area contributed by atoms with Gasteiger partial charge in [-0.1, -0.05) is 0 Å². The van der Waals surface area contributed by atoms with Crippen molar-refractivity contribution in [3.63, 3.8) is 0 Å². The first kappa shape index (κ1) is 12.5. The minimum Gasteiger partial charge on any atom is -0.492 e. The average Bonchev–Trinajstić information content (AvgIpc) is 2.19. The molecular weight excluding hydrogens is 216 g/mol. The number of rotatable bonds is 3. The highest BCUT2D eigenvalue weighted by Crippen LogP contribution is 2.19. The lowest BCUT2D eigenvalue weighted by molar-refractivity contribution is -0.175. The fourth-order valence-corrected chi connectivity index (χ4v) is 1.40. The normalized spacial score (nSPS) is 28.1. The molecule has 0 fully saturated rings. The summed E-state index contributed by atoms with van der Waals surface area (Å²) < 4.78 is 15.0. The van der Waals surface area contributed by atoms with Crippen LogP contribution in [0.25, 0.3) is 0 Å². The fourth-order valence-electron chi connectivity index (χ4n) is 1.40. The van der Waals surface area contributed by atoms with Crippen molar-refractivity contribution in [3.8, 4) is 0 Å². The van der Waals surface area contributed by atoms with Gasteiger partial charge in [0.1, 0.15) is 0 Å². The quantitative estimate of drug-likeness (QED) is 0.673. The van der Waals surface area contributed by atoms with Crippen molar-refractivity contribution in [1.82, 2.24) is 0 Å². The predicted molar refractivity (Wildman–Crippen MR) is 52.2 cm³/mol. The number of ether oxygens (including phenoxy) is 3. The fraction of sp³-hybridized carbons (Fsp3) is 0.600. The highest BCUT2D eigenvalue weighted by molar-refractivity contribution is 5.67. The standard InChI is InChI=1S/C10H14O6/c1-6(12)15-8-3-4-14-9(5-11)10(8)16-7(2)13/h3-4,8-11H,5H2,1-2H3/t8-,9-,10-/m1/s1. The molecule has 1 aliphatic heterocycles. The van der Waals surface area contributed by atoms with E-state index in [1.54, 1.807) is 0 Å². The molecule has 1 heterocycles. The Kier molecular flexibility index (Phi) is 4.30. The maximum atomic E-state index is 10.9. The van der Waals surface area contributed by atoms with Gasteiger partial charge in [-0.05, 0) is 6.08 Å². The van der Waals surface area contributed by atoms with Crippen LogP contribution in [0.3, 0.4) is 0 Å².